The number of benzene rings is 4. The van der Waals surface area contributed by atoms with Crippen LogP contribution in [0.1, 0.15) is 27.3 Å². The Morgan fingerprint density at radius 3 is 2.26 bits per heavy atom. The first-order valence-electron chi connectivity index (χ1n) is 12.6. The van der Waals surface area contributed by atoms with E-state index in [1.165, 1.54) is 41.0 Å². The van der Waals surface area contributed by atoms with E-state index in [1.54, 1.807) is 61.5 Å². The number of carbonyl (C=O) groups excluding carboxylic acids is 2. The van der Waals surface area contributed by atoms with Gasteiger partial charge < -0.3 is 10.4 Å². The van der Waals surface area contributed by atoms with Crippen LogP contribution in [0.15, 0.2) is 95.9 Å². The van der Waals surface area contributed by atoms with Crippen LogP contribution in [0, 0.1) is 13.8 Å². The Morgan fingerprint density at radius 1 is 0.905 bits per heavy atom. The number of rotatable bonds is 6. The summed E-state index contributed by atoms with van der Waals surface area (Å²) < 4.78 is 28.6. The van der Waals surface area contributed by atoms with E-state index in [-0.39, 0.29) is 43.6 Å². The number of sulfonamides is 1. The molecule has 0 aliphatic rings. The number of carbonyl (C=O) groups is 2. The highest BCUT2D eigenvalue weighted by molar-refractivity contribution is 7.90. The van der Waals surface area contributed by atoms with Crippen LogP contribution in [0.25, 0.3) is 11.0 Å². The van der Waals surface area contributed by atoms with E-state index in [1.807, 2.05) is 11.6 Å². The maximum absolute atomic E-state index is 14.3. The molecule has 0 spiro atoms. The van der Waals surface area contributed by atoms with Crippen molar-refractivity contribution >= 4 is 61.9 Å². The number of aromatic nitrogens is 2. The van der Waals surface area contributed by atoms with Crippen LogP contribution in [-0.4, -0.2) is 35.0 Å². The van der Waals surface area contributed by atoms with Crippen molar-refractivity contribution in [1.82, 2.24) is 14.3 Å². The van der Waals surface area contributed by atoms with E-state index < -0.39 is 27.6 Å². The second-order valence-corrected chi connectivity index (χ2v) is 12.1. The number of halogens is 2. The Hall–Kier alpha value is -4.22. The van der Waals surface area contributed by atoms with Gasteiger partial charge in [0.2, 0.25) is 0 Å². The number of urea groups is 1. The third-order valence-corrected chi connectivity index (χ3v) is 8.58. The zero-order valence-corrected chi connectivity index (χ0v) is 24.6. The monoisotopic (exact) mass is 622 g/mol. The van der Waals surface area contributed by atoms with Gasteiger partial charge in [0.15, 0.2) is 5.60 Å². The smallest absolute Gasteiger partial charge is 0.333 e. The van der Waals surface area contributed by atoms with Crippen molar-refractivity contribution < 1.29 is 23.1 Å². The number of hydrogen-bond acceptors (Lipinski definition) is 6. The molecule has 9 nitrogen and oxygen atoms in total. The molecular weight excluding hydrogens is 599 g/mol. The van der Waals surface area contributed by atoms with E-state index in [0.717, 1.165) is 5.56 Å². The Labute approximate surface area is 251 Å². The van der Waals surface area contributed by atoms with Gasteiger partial charge in [-0.1, -0.05) is 83.4 Å². The molecule has 2 amide bonds. The zero-order chi connectivity index (χ0) is 30.2. The molecule has 3 N–H and O–H groups in total. The summed E-state index contributed by atoms with van der Waals surface area (Å²) in [4.78, 5) is 31.5. The fraction of sp³-hybridized carbons (Fsp3) is 0.100. The molecule has 214 valence electrons. The largest absolute Gasteiger partial charge is 0.372 e. The maximum Gasteiger partial charge on any atom is 0.333 e. The van der Waals surface area contributed by atoms with E-state index in [4.69, 9.17) is 23.2 Å². The van der Waals surface area contributed by atoms with Gasteiger partial charge in [-0.15, -0.1) is 0 Å². The number of aryl methyl sites for hydroxylation is 2. The molecular formula is C30H24Cl2N4O5S. The van der Waals surface area contributed by atoms with Gasteiger partial charge in [0.1, 0.15) is 11.3 Å². The molecule has 0 bridgehead atoms. The van der Waals surface area contributed by atoms with Crippen molar-refractivity contribution in [1.29, 1.82) is 0 Å². The summed E-state index contributed by atoms with van der Waals surface area (Å²) in [5.41, 5.74) is -0.407. The van der Waals surface area contributed by atoms with Crippen molar-refractivity contribution in [2.24, 2.45) is 0 Å². The number of fused-ring (bicyclic) bond motifs is 1. The molecule has 0 fully saturated rings. The highest BCUT2D eigenvalue weighted by Crippen LogP contribution is 2.38. The number of para-hydroxylation sites is 1. The van der Waals surface area contributed by atoms with Gasteiger partial charge in [-0.25, -0.2) is 22.9 Å². The summed E-state index contributed by atoms with van der Waals surface area (Å²) in [5.74, 6) is -0.571. The van der Waals surface area contributed by atoms with Crippen LogP contribution in [-0.2, 0) is 15.6 Å². The lowest BCUT2D eigenvalue weighted by Gasteiger charge is -2.29. The van der Waals surface area contributed by atoms with Crippen molar-refractivity contribution in [2.45, 2.75) is 24.3 Å². The predicted molar refractivity (Wildman–Crippen MR) is 162 cm³/mol. The molecule has 1 aromatic heterocycles. The summed E-state index contributed by atoms with van der Waals surface area (Å²) >= 11 is 12.6. The summed E-state index contributed by atoms with van der Waals surface area (Å²) in [6, 6.07) is 22.4. The van der Waals surface area contributed by atoms with Crippen LogP contribution >= 0.6 is 23.2 Å². The van der Waals surface area contributed by atoms with Crippen LogP contribution < -0.4 is 10.0 Å². The highest BCUT2D eigenvalue weighted by atomic mass is 35.5. The van der Waals surface area contributed by atoms with Gasteiger partial charge >= 0.3 is 6.03 Å². The first-order valence-corrected chi connectivity index (χ1v) is 14.8. The number of aliphatic hydroxyl groups is 1. The molecule has 0 radical (unpaired) electrons. The van der Waals surface area contributed by atoms with E-state index in [2.05, 4.69) is 10.3 Å². The van der Waals surface area contributed by atoms with Crippen molar-refractivity contribution in [2.75, 3.05) is 5.32 Å². The number of amides is 2. The van der Waals surface area contributed by atoms with Crippen LogP contribution in [0.4, 0.5) is 10.5 Å². The Bertz CT molecular complexity index is 1940. The molecule has 0 aliphatic carbocycles. The predicted octanol–water partition coefficient (Wildman–Crippen LogP) is 6.05. The molecule has 1 atom stereocenters. The summed E-state index contributed by atoms with van der Waals surface area (Å²) in [6.45, 7) is 3.38. The lowest BCUT2D eigenvalue weighted by atomic mass is 9.85. The fourth-order valence-corrected chi connectivity index (χ4v) is 6.09. The van der Waals surface area contributed by atoms with Gasteiger partial charge in [-0.3, -0.25) is 9.36 Å². The molecule has 5 rings (SSSR count). The molecule has 5 aromatic rings. The number of hydrogen-bond donors (Lipinski definition) is 3. The number of imidazole rings is 1. The molecule has 12 heteroatoms. The first-order chi connectivity index (χ1) is 19.9. The van der Waals surface area contributed by atoms with Gasteiger partial charge in [0.05, 0.1) is 16.1 Å². The molecule has 0 aliphatic heterocycles. The quantitative estimate of drug-likeness (QED) is 0.211. The minimum atomic E-state index is -4.15. The van der Waals surface area contributed by atoms with Gasteiger partial charge in [-0.05, 0) is 55.8 Å². The minimum absolute atomic E-state index is 0.0757. The average molecular weight is 624 g/mol. The Balaban J connectivity index is 1.54. The topological polar surface area (TPSA) is 130 Å². The van der Waals surface area contributed by atoms with Gasteiger partial charge in [0.25, 0.3) is 15.9 Å². The van der Waals surface area contributed by atoms with Crippen LogP contribution in [0.5, 0.6) is 0 Å². The van der Waals surface area contributed by atoms with Crippen LogP contribution in [0.2, 0.25) is 10.0 Å². The standard InChI is InChI=1S/C30H24Cl2N4O5S/c1-18-11-14-22(15-12-18)42(40,41)35-29(38)34-25-9-6-10-26-27(25)33-19(2)36(26)28(37)30(39,20-7-4-3-5-8-20)23-16-13-21(31)17-24(23)32/h3-17,39H,1-2H3,(H2,34,35,38). The number of nitrogens with one attached hydrogen (secondary N) is 2. The second-order valence-electron chi connectivity index (χ2n) is 9.55. The lowest BCUT2D eigenvalue weighted by molar-refractivity contribution is 0.0394. The highest BCUT2D eigenvalue weighted by Gasteiger charge is 2.43. The van der Waals surface area contributed by atoms with Crippen molar-refractivity contribution in [3.63, 3.8) is 0 Å². The Morgan fingerprint density at radius 2 is 1.60 bits per heavy atom. The zero-order valence-electron chi connectivity index (χ0n) is 22.3. The van der Waals surface area contributed by atoms with Crippen molar-refractivity contribution in [3.05, 3.63) is 124 Å². The van der Waals surface area contributed by atoms with E-state index in [9.17, 15) is 23.1 Å². The lowest BCUT2D eigenvalue weighted by Crippen LogP contribution is -2.41. The molecule has 42 heavy (non-hydrogen) atoms. The van der Waals surface area contributed by atoms with E-state index in [0.29, 0.717) is 5.02 Å². The summed E-state index contributed by atoms with van der Waals surface area (Å²) in [7, 11) is -4.15. The normalized spacial score (nSPS) is 13.0. The molecule has 4 aromatic carbocycles. The minimum Gasteiger partial charge on any atom is -0.372 e. The summed E-state index contributed by atoms with van der Waals surface area (Å²) in [5, 5.41) is 15.1. The van der Waals surface area contributed by atoms with Crippen molar-refractivity contribution in [3.8, 4) is 0 Å². The fourth-order valence-electron chi connectivity index (χ4n) is 4.64. The first kappa shape index (κ1) is 29.3. The number of nitrogens with zero attached hydrogens (tertiary/aromatic N) is 2. The molecule has 0 saturated carbocycles. The second kappa shape index (κ2) is 11.2. The number of anilines is 1. The van der Waals surface area contributed by atoms with Gasteiger partial charge in [0, 0.05) is 15.6 Å². The molecule has 1 unspecified atom stereocenters. The third kappa shape index (κ3) is 5.37. The maximum atomic E-state index is 14.3. The average Bonchev–Trinajstić information content (AvgIpc) is 3.29. The third-order valence-electron chi connectivity index (χ3n) is 6.68. The Kier molecular flexibility index (Phi) is 7.82. The summed E-state index contributed by atoms with van der Waals surface area (Å²) in [6.07, 6.45) is 0. The van der Waals surface area contributed by atoms with Crippen LogP contribution in [0.3, 0.4) is 0 Å². The van der Waals surface area contributed by atoms with E-state index >= 15 is 0 Å². The SMILES string of the molecule is Cc1ccc(S(=O)(=O)NC(=O)Nc2cccc3c2nc(C)n3C(=O)C(O)(c2ccccc2)c2ccc(Cl)cc2Cl)cc1. The molecule has 1 heterocycles. The van der Waals surface area contributed by atoms with Gasteiger partial charge in [-0.2, -0.15) is 0 Å². The molecule has 0 saturated heterocycles.